The number of likely N-dealkylation sites (N-methyl/N-ethyl adjacent to an activating group) is 1. The fourth-order valence-electron chi connectivity index (χ4n) is 2.04. The number of nitrogens with one attached hydrogen (secondary N) is 1. The Labute approximate surface area is 135 Å². The molecule has 1 aromatic heterocycles. The van der Waals surface area contributed by atoms with Crippen LogP contribution in [0.5, 0.6) is 0 Å². The summed E-state index contributed by atoms with van der Waals surface area (Å²) in [6, 6.07) is 7.76. The van der Waals surface area contributed by atoms with Gasteiger partial charge < -0.3 is 10.2 Å². The summed E-state index contributed by atoms with van der Waals surface area (Å²) in [5.41, 5.74) is 2.16. The smallest absolute Gasteiger partial charge is 0.276 e. The first-order chi connectivity index (χ1) is 10.9. The van der Waals surface area contributed by atoms with Crippen molar-refractivity contribution in [3.05, 3.63) is 41.7 Å². The van der Waals surface area contributed by atoms with Gasteiger partial charge >= 0.3 is 0 Å². The molecule has 0 radical (unpaired) electrons. The molecular formula is C16H21N5O2. The Balaban J connectivity index is 2.06. The summed E-state index contributed by atoms with van der Waals surface area (Å²) < 4.78 is 1.54. The standard InChI is InChI=1S/C16H21N5O2/c1-11(2)17-15(22)10-20(4)16(23)14-9-21(19-18-14)13-7-5-12(3)6-8-13/h5-9,11H,10H2,1-4H3,(H,17,22). The van der Waals surface area contributed by atoms with E-state index in [4.69, 9.17) is 0 Å². The van der Waals surface area contributed by atoms with Gasteiger partial charge in [0.1, 0.15) is 0 Å². The number of aryl methyl sites for hydroxylation is 1. The lowest BCUT2D eigenvalue weighted by Crippen LogP contribution is -2.40. The third kappa shape index (κ3) is 4.38. The topological polar surface area (TPSA) is 80.1 Å². The Morgan fingerprint density at radius 2 is 1.91 bits per heavy atom. The number of hydrogen-bond donors (Lipinski definition) is 1. The largest absolute Gasteiger partial charge is 0.352 e. The Hall–Kier alpha value is -2.70. The molecule has 0 saturated carbocycles. The maximum atomic E-state index is 12.3. The fraction of sp³-hybridized carbons (Fsp3) is 0.375. The molecule has 0 bridgehead atoms. The van der Waals surface area contributed by atoms with Crippen LogP contribution >= 0.6 is 0 Å². The Morgan fingerprint density at radius 1 is 1.26 bits per heavy atom. The molecule has 2 amide bonds. The van der Waals surface area contributed by atoms with E-state index >= 15 is 0 Å². The lowest BCUT2D eigenvalue weighted by Gasteiger charge is -2.16. The Kier molecular flexibility index (Phi) is 5.10. The molecule has 0 fully saturated rings. The highest BCUT2D eigenvalue weighted by Crippen LogP contribution is 2.09. The summed E-state index contributed by atoms with van der Waals surface area (Å²) in [5, 5.41) is 10.6. The van der Waals surface area contributed by atoms with Gasteiger partial charge in [-0.2, -0.15) is 0 Å². The lowest BCUT2D eigenvalue weighted by atomic mass is 10.2. The van der Waals surface area contributed by atoms with E-state index in [1.165, 1.54) is 9.58 Å². The van der Waals surface area contributed by atoms with Gasteiger partial charge in [0.05, 0.1) is 18.4 Å². The fourth-order valence-corrected chi connectivity index (χ4v) is 2.04. The quantitative estimate of drug-likeness (QED) is 0.898. The van der Waals surface area contributed by atoms with Crippen molar-refractivity contribution in [2.24, 2.45) is 0 Å². The van der Waals surface area contributed by atoms with Crippen LogP contribution in [-0.2, 0) is 4.79 Å². The van der Waals surface area contributed by atoms with Crippen LogP contribution in [0.4, 0.5) is 0 Å². The minimum Gasteiger partial charge on any atom is -0.352 e. The molecule has 0 atom stereocenters. The second-order valence-corrected chi connectivity index (χ2v) is 5.77. The number of aromatic nitrogens is 3. The number of hydrogen-bond acceptors (Lipinski definition) is 4. The molecule has 0 aliphatic carbocycles. The number of amides is 2. The number of rotatable bonds is 5. The molecular weight excluding hydrogens is 294 g/mol. The number of nitrogens with zero attached hydrogens (tertiary/aromatic N) is 4. The van der Waals surface area contributed by atoms with Crippen LogP contribution in [0.25, 0.3) is 5.69 Å². The number of benzene rings is 1. The van der Waals surface area contributed by atoms with Crippen LogP contribution < -0.4 is 5.32 Å². The van der Waals surface area contributed by atoms with Crippen LogP contribution in [0.3, 0.4) is 0 Å². The van der Waals surface area contributed by atoms with E-state index in [0.29, 0.717) is 0 Å². The van der Waals surface area contributed by atoms with E-state index in [-0.39, 0.29) is 30.1 Å². The molecule has 0 unspecified atom stereocenters. The van der Waals surface area contributed by atoms with Crippen molar-refractivity contribution in [1.82, 2.24) is 25.2 Å². The molecule has 1 heterocycles. The number of carbonyl (C=O) groups is 2. The summed E-state index contributed by atoms with van der Waals surface area (Å²) in [5.74, 6) is -0.552. The molecule has 23 heavy (non-hydrogen) atoms. The molecule has 0 saturated heterocycles. The predicted octanol–water partition coefficient (Wildman–Crippen LogP) is 1.17. The van der Waals surface area contributed by atoms with E-state index in [9.17, 15) is 9.59 Å². The van der Waals surface area contributed by atoms with E-state index in [2.05, 4.69) is 15.6 Å². The SMILES string of the molecule is Cc1ccc(-n2cc(C(=O)N(C)CC(=O)NC(C)C)nn2)cc1. The van der Waals surface area contributed by atoms with E-state index < -0.39 is 0 Å². The molecule has 122 valence electrons. The van der Waals surface area contributed by atoms with Gasteiger partial charge in [-0.05, 0) is 32.9 Å². The van der Waals surface area contributed by atoms with Gasteiger partial charge in [0.2, 0.25) is 5.91 Å². The van der Waals surface area contributed by atoms with Gasteiger partial charge in [-0.3, -0.25) is 9.59 Å². The van der Waals surface area contributed by atoms with Crippen LogP contribution in [0, 0.1) is 6.92 Å². The first-order valence-corrected chi connectivity index (χ1v) is 7.41. The van der Waals surface area contributed by atoms with Crippen molar-refractivity contribution in [1.29, 1.82) is 0 Å². The van der Waals surface area contributed by atoms with E-state index in [1.54, 1.807) is 13.2 Å². The van der Waals surface area contributed by atoms with E-state index in [0.717, 1.165) is 11.3 Å². The normalized spacial score (nSPS) is 10.7. The van der Waals surface area contributed by atoms with Crippen molar-refractivity contribution >= 4 is 11.8 Å². The van der Waals surface area contributed by atoms with Crippen molar-refractivity contribution in [3.8, 4) is 5.69 Å². The second kappa shape index (κ2) is 7.04. The molecule has 2 rings (SSSR count). The molecule has 0 spiro atoms. The maximum absolute atomic E-state index is 12.3. The lowest BCUT2D eigenvalue weighted by molar-refractivity contribution is -0.122. The molecule has 0 aliphatic heterocycles. The highest BCUT2D eigenvalue weighted by Gasteiger charge is 2.18. The van der Waals surface area contributed by atoms with Crippen molar-refractivity contribution < 1.29 is 9.59 Å². The first kappa shape index (κ1) is 16.7. The summed E-state index contributed by atoms with van der Waals surface area (Å²) in [4.78, 5) is 25.3. The molecule has 7 heteroatoms. The zero-order valence-electron chi connectivity index (χ0n) is 13.8. The van der Waals surface area contributed by atoms with Gasteiger partial charge in [-0.25, -0.2) is 4.68 Å². The molecule has 2 aromatic rings. The molecule has 7 nitrogen and oxygen atoms in total. The minimum absolute atomic E-state index is 0.0194. The van der Waals surface area contributed by atoms with Crippen molar-refractivity contribution in [2.45, 2.75) is 26.8 Å². The van der Waals surface area contributed by atoms with Crippen LogP contribution in [0.15, 0.2) is 30.5 Å². The number of carbonyl (C=O) groups excluding carboxylic acids is 2. The summed E-state index contributed by atoms with van der Waals surface area (Å²) in [7, 11) is 1.56. The first-order valence-electron chi connectivity index (χ1n) is 7.41. The van der Waals surface area contributed by atoms with Gasteiger partial charge in [0.25, 0.3) is 5.91 Å². The van der Waals surface area contributed by atoms with E-state index in [1.807, 2.05) is 45.0 Å². The monoisotopic (exact) mass is 315 g/mol. The third-order valence-corrected chi connectivity index (χ3v) is 3.19. The highest BCUT2D eigenvalue weighted by molar-refractivity contribution is 5.94. The molecule has 0 aliphatic rings. The summed E-state index contributed by atoms with van der Waals surface area (Å²) in [6.45, 7) is 5.71. The summed E-state index contributed by atoms with van der Waals surface area (Å²) in [6.07, 6.45) is 1.56. The summed E-state index contributed by atoms with van der Waals surface area (Å²) >= 11 is 0. The average Bonchev–Trinajstić information content (AvgIpc) is 2.95. The molecule has 1 aromatic carbocycles. The third-order valence-electron chi connectivity index (χ3n) is 3.19. The maximum Gasteiger partial charge on any atom is 0.276 e. The zero-order chi connectivity index (χ0) is 17.0. The van der Waals surface area contributed by atoms with Gasteiger partial charge in [0.15, 0.2) is 5.69 Å². The van der Waals surface area contributed by atoms with Crippen LogP contribution in [-0.4, -0.2) is 51.3 Å². The van der Waals surface area contributed by atoms with Gasteiger partial charge in [-0.15, -0.1) is 5.10 Å². The second-order valence-electron chi connectivity index (χ2n) is 5.77. The Morgan fingerprint density at radius 3 is 2.52 bits per heavy atom. The van der Waals surface area contributed by atoms with Crippen LogP contribution in [0.2, 0.25) is 0 Å². The zero-order valence-corrected chi connectivity index (χ0v) is 13.8. The van der Waals surface area contributed by atoms with Crippen LogP contribution in [0.1, 0.15) is 29.9 Å². The Bertz CT molecular complexity index is 691. The minimum atomic E-state index is -0.345. The average molecular weight is 315 g/mol. The van der Waals surface area contributed by atoms with Crippen molar-refractivity contribution in [3.63, 3.8) is 0 Å². The molecule has 1 N–H and O–H groups in total. The van der Waals surface area contributed by atoms with Gasteiger partial charge in [0, 0.05) is 13.1 Å². The van der Waals surface area contributed by atoms with Gasteiger partial charge in [-0.1, -0.05) is 22.9 Å². The van der Waals surface area contributed by atoms with Crippen molar-refractivity contribution in [2.75, 3.05) is 13.6 Å². The predicted molar refractivity (Wildman–Crippen MR) is 86.3 cm³/mol. The highest BCUT2D eigenvalue weighted by atomic mass is 16.2.